The lowest BCUT2D eigenvalue weighted by molar-refractivity contribution is -0.00194. The monoisotopic (exact) mass is 328 g/mol. The second kappa shape index (κ2) is 5.90. The number of piperidine rings is 1. The molecule has 2 heterocycles. The number of nitrogens with one attached hydrogen (secondary N) is 1. The lowest BCUT2D eigenvalue weighted by Gasteiger charge is -2.39. The molecule has 3 nitrogen and oxygen atoms in total. The first-order valence-corrected chi connectivity index (χ1v) is 8.74. The lowest BCUT2D eigenvalue weighted by atomic mass is 9.73. The smallest absolute Gasteiger partial charge is 0.135 e. The van der Waals surface area contributed by atoms with E-state index in [-0.39, 0.29) is 5.92 Å². The zero-order chi connectivity index (χ0) is 15.9. The Morgan fingerprint density at radius 1 is 1.13 bits per heavy atom. The van der Waals surface area contributed by atoms with Crippen molar-refractivity contribution in [2.75, 3.05) is 13.1 Å². The van der Waals surface area contributed by atoms with Crippen LogP contribution in [0.15, 0.2) is 36.5 Å². The van der Waals surface area contributed by atoms with Crippen molar-refractivity contribution in [3.05, 3.63) is 63.9 Å². The molecule has 2 aromatic rings. The van der Waals surface area contributed by atoms with Gasteiger partial charge in [-0.15, -0.1) is 0 Å². The minimum Gasteiger partial charge on any atom is -0.378 e. The third-order valence-corrected chi connectivity index (χ3v) is 5.56. The van der Waals surface area contributed by atoms with Crippen molar-refractivity contribution in [3.63, 3.8) is 0 Å². The molecular weight excluding hydrogens is 308 g/mol. The predicted molar refractivity (Wildman–Crippen MR) is 91.7 cm³/mol. The predicted octanol–water partition coefficient (Wildman–Crippen LogP) is 3.07. The summed E-state index contributed by atoms with van der Waals surface area (Å²) in [6.07, 6.45) is 5.49. The number of nitrogens with zero attached hydrogens (tertiary/aromatic N) is 1. The SMILES string of the molecule is OC1(C2CCNCC2)c2ccc(Cl)cc2CCc2cccnc21. The van der Waals surface area contributed by atoms with Crippen LogP contribution in [-0.4, -0.2) is 23.2 Å². The largest absolute Gasteiger partial charge is 0.378 e. The molecule has 1 fully saturated rings. The zero-order valence-corrected chi connectivity index (χ0v) is 13.8. The van der Waals surface area contributed by atoms with Gasteiger partial charge in [0, 0.05) is 17.1 Å². The quantitative estimate of drug-likeness (QED) is 0.845. The van der Waals surface area contributed by atoms with E-state index in [1.165, 1.54) is 0 Å². The molecule has 4 heteroatoms. The Balaban J connectivity index is 1.94. The normalized spacial score (nSPS) is 24.6. The summed E-state index contributed by atoms with van der Waals surface area (Å²) in [6, 6.07) is 9.96. The number of aromatic nitrogens is 1. The molecular formula is C19H21ClN2O. The first kappa shape index (κ1) is 15.1. The minimum atomic E-state index is -1.02. The Labute approximate surface area is 141 Å². The number of halogens is 1. The molecule has 1 aromatic carbocycles. The van der Waals surface area contributed by atoms with Crippen LogP contribution in [0.5, 0.6) is 0 Å². The Bertz CT molecular complexity index is 727. The highest BCUT2D eigenvalue weighted by molar-refractivity contribution is 6.30. The van der Waals surface area contributed by atoms with Crippen molar-refractivity contribution < 1.29 is 5.11 Å². The number of hydrogen-bond donors (Lipinski definition) is 2. The Hall–Kier alpha value is -1.42. The summed E-state index contributed by atoms with van der Waals surface area (Å²) in [5.74, 6) is 0.176. The molecule has 4 rings (SSSR count). The Kier molecular flexibility index (Phi) is 3.88. The van der Waals surface area contributed by atoms with Crippen molar-refractivity contribution in [3.8, 4) is 0 Å². The van der Waals surface area contributed by atoms with Gasteiger partial charge in [-0.2, -0.15) is 0 Å². The molecule has 1 aliphatic carbocycles. The van der Waals surface area contributed by atoms with Crippen molar-refractivity contribution >= 4 is 11.6 Å². The van der Waals surface area contributed by atoms with Crippen molar-refractivity contribution in [2.45, 2.75) is 31.3 Å². The molecule has 1 unspecified atom stereocenters. The maximum Gasteiger partial charge on any atom is 0.135 e. The molecule has 120 valence electrons. The van der Waals surface area contributed by atoms with Gasteiger partial charge in [-0.3, -0.25) is 4.98 Å². The number of hydrogen-bond acceptors (Lipinski definition) is 3. The standard InChI is InChI=1S/C19H21ClN2O/c20-16-5-6-17-14(12-16)4-3-13-2-1-9-22-18(13)19(17,23)15-7-10-21-11-8-15/h1-2,5-6,9,12,15,21,23H,3-4,7-8,10-11H2. The fourth-order valence-electron chi connectivity index (χ4n) is 4.17. The van der Waals surface area contributed by atoms with Crippen LogP contribution in [0.4, 0.5) is 0 Å². The summed E-state index contributed by atoms with van der Waals surface area (Å²) in [6.45, 7) is 1.89. The van der Waals surface area contributed by atoms with E-state index in [1.54, 1.807) is 6.20 Å². The minimum absolute atomic E-state index is 0.176. The molecule has 23 heavy (non-hydrogen) atoms. The van der Waals surface area contributed by atoms with Crippen molar-refractivity contribution in [2.24, 2.45) is 5.92 Å². The number of benzene rings is 1. The van der Waals surface area contributed by atoms with Gasteiger partial charge < -0.3 is 10.4 Å². The number of aryl methyl sites for hydroxylation is 2. The average molecular weight is 329 g/mol. The van der Waals surface area contributed by atoms with E-state index in [0.717, 1.165) is 66.2 Å². The lowest BCUT2D eigenvalue weighted by Crippen LogP contribution is -2.43. The van der Waals surface area contributed by atoms with Gasteiger partial charge in [-0.05, 0) is 73.7 Å². The summed E-state index contributed by atoms with van der Waals surface area (Å²) in [5.41, 5.74) is 3.12. The van der Waals surface area contributed by atoms with Gasteiger partial charge >= 0.3 is 0 Å². The number of rotatable bonds is 1. The molecule has 1 aromatic heterocycles. The summed E-state index contributed by atoms with van der Waals surface area (Å²) in [5, 5.41) is 16.1. The maximum atomic E-state index is 11.9. The van der Waals surface area contributed by atoms with Crippen LogP contribution in [0.1, 0.15) is 35.2 Å². The van der Waals surface area contributed by atoms with E-state index in [9.17, 15) is 5.11 Å². The highest BCUT2D eigenvalue weighted by atomic mass is 35.5. The summed E-state index contributed by atoms with van der Waals surface area (Å²) in [7, 11) is 0. The fraction of sp³-hybridized carbons (Fsp3) is 0.421. The molecule has 0 spiro atoms. The number of pyridine rings is 1. The van der Waals surface area contributed by atoms with Crippen molar-refractivity contribution in [1.82, 2.24) is 10.3 Å². The molecule has 0 bridgehead atoms. The van der Waals surface area contributed by atoms with Crippen LogP contribution in [0.3, 0.4) is 0 Å². The first-order chi connectivity index (χ1) is 11.2. The van der Waals surface area contributed by atoms with E-state index in [4.69, 9.17) is 11.6 Å². The van der Waals surface area contributed by atoms with E-state index >= 15 is 0 Å². The van der Waals surface area contributed by atoms with Crippen LogP contribution in [0, 0.1) is 5.92 Å². The van der Waals surface area contributed by atoms with E-state index < -0.39 is 5.60 Å². The van der Waals surface area contributed by atoms with Gasteiger partial charge in [0.25, 0.3) is 0 Å². The van der Waals surface area contributed by atoms with Crippen LogP contribution >= 0.6 is 11.6 Å². The summed E-state index contributed by atoms with van der Waals surface area (Å²) in [4.78, 5) is 4.63. The number of fused-ring (bicyclic) bond motifs is 2. The second-order valence-electron chi connectivity index (χ2n) is 6.60. The highest BCUT2D eigenvalue weighted by Gasteiger charge is 2.45. The van der Waals surface area contributed by atoms with Crippen LogP contribution < -0.4 is 5.32 Å². The average Bonchev–Trinajstić information content (AvgIpc) is 2.72. The molecule has 0 amide bonds. The summed E-state index contributed by atoms with van der Waals surface area (Å²) >= 11 is 6.21. The second-order valence-corrected chi connectivity index (χ2v) is 7.04. The molecule has 0 saturated carbocycles. The first-order valence-electron chi connectivity index (χ1n) is 8.36. The van der Waals surface area contributed by atoms with Gasteiger partial charge in [0.05, 0.1) is 5.69 Å². The van der Waals surface area contributed by atoms with E-state index in [2.05, 4.69) is 16.4 Å². The third-order valence-electron chi connectivity index (χ3n) is 5.32. The maximum absolute atomic E-state index is 11.9. The molecule has 2 aliphatic rings. The highest BCUT2D eigenvalue weighted by Crippen LogP contribution is 2.45. The van der Waals surface area contributed by atoms with E-state index in [1.807, 2.05) is 24.3 Å². The van der Waals surface area contributed by atoms with Gasteiger partial charge in [-0.25, -0.2) is 0 Å². The van der Waals surface area contributed by atoms with Crippen LogP contribution in [-0.2, 0) is 18.4 Å². The van der Waals surface area contributed by atoms with Crippen LogP contribution in [0.25, 0.3) is 0 Å². The third kappa shape index (κ3) is 2.47. The Morgan fingerprint density at radius 3 is 2.74 bits per heavy atom. The number of aliphatic hydroxyl groups is 1. The molecule has 1 atom stereocenters. The Morgan fingerprint density at radius 2 is 1.91 bits per heavy atom. The van der Waals surface area contributed by atoms with Gasteiger partial charge in [0.2, 0.25) is 0 Å². The molecule has 0 radical (unpaired) electrons. The van der Waals surface area contributed by atoms with Gasteiger partial charge in [0.15, 0.2) is 0 Å². The zero-order valence-electron chi connectivity index (χ0n) is 13.1. The van der Waals surface area contributed by atoms with Gasteiger partial charge in [0.1, 0.15) is 5.60 Å². The van der Waals surface area contributed by atoms with Gasteiger partial charge in [-0.1, -0.05) is 23.7 Å². The van der Waals surface area contributed by atoms with Crippen LogP contribution in [0.2, 0.25) is 5.02 Å². The molecule has 2 N–H and O–H groups in total. The van der Waals surface area contributed by atoms with E-state index in [0.29, 0.717) is 0 Å². The molecule has 1 aliphatic heterocycles. The topological polar surface area (TPSA) is 45.1 Å². The fourth-order valence-corrected chi connectivity index (χ4v) is 4.37. The van der Waals surface area contributed by atoms with Crippen molar-refractivity contribution in [1.29, 1.82) is 0 Å². The molecule has 1 saturated heterocycles. The summed E-state index contributed by atoms with van der Waals surface area (Å²) < 4.78 is 0.